The summed E-state index contributed by atoms with van der Waals surface area (Å²) in [7, 11) is 0. The second-order valence-corrected chi connectivity index (χ2v) is 8.14. The summed E-state index contributed by atoms with van der Waals surface area (Å²) in [6.07, 6.45) is 2.46. The summed E-state index contributed by atoms with van der Waals surface area (Å²) in [5.74, 6) is -0.781. The van der Waals surface area contributed by atoms with E-state index in [2.05, 4.69) is 22.2 Å². The zero-order chi connectivity index (χ0) is 23.1. The lowest BCUT2D eigenvalue weighted by molar-refractivity contribution is -0.113. The number of hydrogen-bond acceptors (Lipinski definition) is 7. The molecule has 1 heterocycles. The molecule has 0 amide bonds. The molecule has 1 unspecified atom stereocenters. The Balaban J connectivity index is 1.81. The van der Waals surface area contributed by atoms with E-state index in [1.807, 2.05) is 30.3 Å². The summed E-state index contributed by atoms with van der Waals surface area (Å²) in [6.45, 7) is 2.60. The standard InChI is InChI=1S/C25H30N2O5/c1-17(30)24(26-32)23(31)9-5-6-11-27-12-10-19-13-20(15-28)21(16-29)14-22(19)25(27)18-7-3-2-4-8-18/h2-4,7-8,13-14,25,28-29,31H,5-6,9-12,15-16H2,1H3. The fourth-order valence-electron chi connectivity index (χ4n) is 4.43. The lowest BCUT2D eigenvalue weighted by Gasteiger charge is -2.38. The Labute approximate surface area is 188 Å². The number of carbonyl (C=O) groups is 1. The molecule has 3 N–H and O–H groups in total. The van der Waals surface area contributed by atoms with Gasteiger partial charge in [0.25, 0.3) is 0 Å². The van der Waals surface area contributed by atoms with Crippen LogP contribution in [0.2, 0.25) is 0 Å². The maximum absolute atomic E-state index is 11.4. The van der Waals surface area contributed by atoms with Gasteiger partial charge in [0.05, 0.1) is 19.3 Å². The van der Waals surface area contributed by atoms with E-state index in [1.54, 1.807) is 0 Å². The number of allylic oxidation sites excluding steroid dienone is 2. The van der Waals surface area contributed by atoms with Crippen molar-refractivity contribution in [2.24, 2.45) is 5.18 Å². The monoisotopic (exact) mass is 438 g/mol. The Morgan fingerprint density at radius 2 is 1.78 bits per heavy atom. The maximum atomic E-state index is 11.4. The first-order chi connectivity index (χ1) is 15.5. The number of unbranched alkanes of at least 4 members (excludes halogenated alkanes) is 1. The summed E-state index contributed by atoms with van der Waals surface area (Å²) in [4.78, 5) is 24.5. The van der Waals surface area contributed by atoms with Crippen LogP contribution in [0.25, 0.3) is 0 Å². The molecule has 7 heteroatoms. The molecule has 2 aromatic rings. The third-order valence-corrected chi connectivity index (χ3v) is 6.05. The summed E-state index contributed by atoms with van der Waals surface area (Å²) in [5, 5.41) is 32.1. The number of carbonyl (C=O) groups excluding carboxylic acids is 1. The molecule has 0 saturated carbocycles. The van der Waals surface area contributed by atoms with Gasteiger partial charge in [-0.2, -0.15) is 0 Å². The molecule has 1 atom stereocenters. The average Bonchev–Trinajstić information content (AvgIpc) is 2.81. The van der Waals surface area contributed by atoms with Crippen LogP contribution in [0.15, 0.2) is 59.1 Å². The van der Waals surface area contributed by atoms with Gasteiger partial charge in [0.15, 0.2) is 11.5 Å². The first-order valence-corrected chi connectivity index (χ1v) is 10.9. The van der Waals surface area contributed by atoms with E-state index in [0.29, 0.717) is 6.42 Å². The van der Waals surface area contributed by atoms with Gasteiger partial charge in [0.2, 0.25) is 0 Å². The van der Waals surface area contributed by atoms with Crippen LogP contribution in [0.5, 0.6) is 0 Å². The highest BCUT2D eigenvalue weighted by Crippen LogP contribution is 2.37. The molecular weight excluding hydrogens is 408 g/mol. The van der Waals surface area contributed by atoms with Crippen LogP contribution in [0.4, 0.5) is 0 Å². The van der Waals surface area contributed by atoms with Gasteiger partial charge >= 0.3 is 0 Å². The zero-order valence-electron chi connectivity index (χ0n) is 18.3. The first kappa shape index (κ1) is 23.8. The smallest absolute Gasteiger partial charge is 0.187 e. The van der Waals surface area contributed by atoms with Crippen molar-refractivity contribution in [3.63, 3.8) is 0 Å². The molecule has 0 aliphatic carbocycles. The van der Waals surface area contributed by atoms with E-state index in [9.17, 15) is 25.0 Å². The third kappa shape index (κ3) is 5.30. The highest BCUT2D eigenvalue weighted by atomic mass is 16.3. The number of aliphatic hydroxyl groups is 3. The fourth-order valence-corrected chi connectivity index (χ4v) is 4.43. The van der Waals surface area contributed by atoms with Crippen LogP contribution in [0.1, 0.15) is 60.0 Å². The Morgan fingerprint density at radius 3 is 2.41 bits per heavy atom. The predicted molar refractivity (Wildman–Crippen MR) is 122 cm³/mol. The van der Waals surface area contributed by atoms with Gasteiger partial charge in [0, 0.05) is 19.9 Å². The van der Waals surface area contributed by atoms with E-state index in [1.165, 1.54) is 12.5 Å². The second kappa shape index (κ2) is 11.1. The largest absolute Gasteiger partial charge is 0.510 e. The maximum Gasteiger partial charge on any atom is 0.187 e. The molecule has 7 nitrogen and oxygen atoms in total. The molecule has 170 valence electrons. The minimum atomic E-state index is -0.531. The van der Waals surface area contributed by atoms with Crippen molar-refractivity contribution in [2.75, 3.05) is 13.1 Å². The van der Waals surface area contributed by atoms with Gasteiger partial charge in [0.1, 0.15) is 5.76 Å². The lowest BCUT2D eigenvalue weighted by atomic mass is 9.85. The number of ketones is 1. The number of nitroso groups, excluding NO2 is 1. The van der Waals surface area contributed by atoms with Crippen molar-refractivity contribution in [2.45, 2.75) is 51.9 Å². The quantitative estimate of drug-likeness (QED) is 0.224. The highest BCUT2D eigenvalue weighted by molar-refractivity contribution is 5.93. The Bertz CT molecular complexity index is 987. The summed E-state index contributed by atoms with van der Waals surface area (Å²) in [6, 6.07) is 14.2. The van der Waals surface area contributed by atoms with E-state index >= 15 is 0 Å². The van der Waals surface area contributed by atoms with Crippen molar-refractivity contribution in [3.05, 3.63) is 86.6 Å². The van der Waals surface area contributed by atoms with Crippen molar-refractivity contribution in [3.8, 4) is 0 Å². The molecule has 2 aromatic carbocycles. The minimum Gasteiger partial charge on any atom is -0.510 e. The van der Waals surface area contributed by atoms with Crippen LogP contribution in [0, 0.1) is 4.91 Å². The molecule has 3 rings (SSSR count). The normalized spacial score (nSPS) is 16.9. The molecular formula is C25H30N2O5. The van der Waals surface area contributed by atoms with Gasteiger partial charge in [-0.15, -0.1) is 4.91 Å². The summed E-state index contributed by atoms with van der Waals surface area (Å²) >= 11 is 0. The highest BCUT2D eigenvalue weighted by Gasteiger charge is 2.29. The van der Waals surface area contributed by atoms with E-state index in [4.69, 9.17) is 0 Å². The SMILES string of the molecule is CC(=O)C(N=O)=C(O)CCCCN1CCc2cc(CO)c(CO)cc2C1c1ccccc1. The van der Waals surface area contributed by atoms with Crippen molar-refractivity contribution < 1.29 is 20.1 Å². The lowest BCUT2D eigenvalue weighted by Crippen LogP contribution is -2.37. The number of aliphatic hydroxyl groups excluding tert-OH is 3. The van der Waals surface area contributed by atoms with E-state index in [-0.39, 0.29) is 31.4 Å². The Morgan fingerprint density at radius 1 is 1.09 bits per heavy atom. The van der Waals surface area contributed by atoms with Crippen LogP contribution < -0.4 is 0 Å². The van der Waals surface area contributed by atoms with Crippen molar-refractivity contribution in [1.82, 2.24) is 4.90 Å². The number of Topliss-reactive ketones (excluding diaryl/α,β-unsaturated/α-hetero) is 1. The number of hydrogen-bond donors (Lipinski definition) is 3. The van der Waals surface area contributed by atoms with Crippen LogP contribution in [-0.2, 0) is 24.4 Å². The molecule has 0 radical (unpaired) electrons. The number of benzene rings is 2. The van der Waals surface area contributed by atoms with Gasteiger partial charge in [-0.3, -0.25) is 9.69 Å². The van der Waals surface area contributed by atoms with Gasteiger partial charge in [-0.1, -0.05) is 42.5 Å². The second-order valence-electron chi connectivity index (χ2n) is 8.14. The van der Waals surface area contributed by atoms with Crippen LogP contribution >= 0.6 is 0 Å². The topological polar surface area (TPSA) is 110 Å². The van der Waals surface area contributed by atoms with Gasteiger partial charge in [-0.25, -0.2) is 0 Å². The molecule has 0 fully saturated rings. The molecule has 1 aliphatic heterocycles. The molecule has 0 saturated heterocycles. The Kier molecular flexibility index (Phi) is 8.27. The molecule has 0 bridgehead atoms. The zero-order valence-corrected chi connectivity index (χ0v) is 18.3. The first-order valence-electron chi connectivity index (χ1n) is 10.9. The van der Waals surface area contributed by atoms with Gasteiger partial charge < -0.3 is 15.3 Å². The average molecular weight is 439 g/mol. The number of nitrogens with zero attached hydrogens (tertiary/aromatic N) is 2. The van der Waals surface area contributed by atoms with Crippen molar-refractivity contribution in [1.29, 1.82) is 0 Å². The number of fused-ring (bicyclic) bond motifs is 1. The van der Waals surface area contributed by atoms with Crippen LogP contribution in [-0.4, -0.2) is 39.1 Å². The van der Waals surface area contributed by atoms with E-state index in [0.717, 1.165) is 48.2 Å². The van der Waals surface area contributed by atoms with Gasteiger partial charge in [-0.05, 0) is 58.8 Å². The molecule has 0 spiro atoms. The summed E-state index contributed by atoms with van der Waals surface area (Å²) in [5.41, 5.74) is 4.58. The fraction of sp³-hybridized carbons (Fsp3) is 0.400. The molecule has 32 heavy (non-hydrogen) atoms. The molecule has 0 aromatic heterocycles. The minimum absolute atomic E-state index is 0.0200. The Hall–Kier alpha value is -2.87. The predicted octanol–water partition coefficient (Wildman–Crippen LogP) is 3.91. The molecule has 1 aliphatic rings. The van der Waals surface area contributed by atoms with E-state index < -0.39 is 11.5 Å². The van der Waals surface area contributed by atoms with Crippen LogP contribution in [0.3, 0.4) is 0 Å². The number of rotatable bonds is 10. The summed E-state index contributed by atoms with van der Waals surface area (Å²) < 4.78 is 0. The van der Waals surface area contributed by atoms with Crippen molar-refractivity contribution >= 4 is 5.78 Å². The third-order valence-electron chi connectivity index (χ3n) is 6.05.